The third-order valence-corrected chi connectivity index (χ3v) is 4.47. The molecule has 0 aromatic carbocycles. The Morgan fingerprint density at radius 3 is 2.64 bits per heavy atom. The summed E-state index contributed by atoms with van der Waals surface area (Å²) in [7, 11) is 5.32. The zero-order valence-electron chi connectivity index (χ0n) is 13.7. The first kappa shape index (κ1) is 15.0. The quantitative estimate of drug-likeness (QED) is 0.865. The van der Waals surface area contributed by atoms with Gasteiger partial charge in [-0.2, -0.15) is 0 Å². The van der Waals surface area contributed by atoms with Gasteiger partial charge in [-0.3, -0.25) is 0 Å². The summed E-state index contributed by atoms with van der Waals surface area (Å²) < 4.78 is 17.2. The lowest BCUT2D eigenvalue weighted by Crippen LogP contribution is -2.40. The zero-order valence-corrected chi connectivity index (χ0v) is 13.7. The van der Waals surface area contributed by atoms with Gasteiger partial charge >= 0.3 is 0 Å². The first-order valence-corrected chi connectivity index (χ1v) is 7.44. The number of likely N-dealkylation sites (N-methyl/N-ethyl adjacent to an activating group) is 1. The molecule has 5 heteroatoms. The third kappa shape index (κ3) is 2.11. The summed E-state index contributed by atoms with van der Waals surface area (Å²) in [5, 5.41) is 10.3. The minimum absolute atomic E-state index is 0.0655. The smallest absolute Gasteiger partial charge is 0.197 e. The van der Waals surface area contributed by atoms with Gasteiger partial charge in [0, 0.05) is 19.0 Å². The summed E-state index contributed by atoms with van der Waals surface area (Å²) in [6.45, 7) is 3.53. The van der Waals surface area contributed by atoms with Gasteiger partial charge in [0.05, 0.1) is 25.4 Å². The van der Waals surface area contributed by atoms with Crippen molar-refractivity contribution in [2.24, 2.45) is 0 Å². The number of allylic oxidation sites excluding steroid dienone is 3. The van der Waals surface area contributed by atoms with Crippen LogP contribution in [0.4, 0.5) is 0 Å². The van der Waals surface area contributed by atoms with Gasteiger partial charge in [-0.15, -0.1) is 0 Å². The molecule has 0 amide bonds. The highest BCUT2D eigenvalue weighted by molar-refractivity contribution is 5.52. The van der Waals surface area contributed by atoms with E-state index in [-0.39, 0.29) is 12.1 Å². The molecule has 0 fully saturated rings. The van der Waals surface area contributed by atoms with Crippen molar-refractivity contribution < 1.29 is 19.3 Å². The van der Waals surface area contributed by atoms with Crippen LogP contribution in [0.25, 0.3) is 0 Å². The highest BCUT2D eigenvalue weighted by Gasteiger charge is 2.45. The predicted molar refractivity (Wildman–Crippen MR) is 82.6 cm³/mol. The number of methoxy groups -OCH3 is 2. The molecule has 1 aliphatic carbocycles. The SMILES string of the molecule is COC1=CC=CC2=C(OC)C3=C(OC(C(C)(C)O)C3)N(C)C12. The van der Waals surface area contributed by atoms with Gasteiger partial charge in [-0.1, -0.05) is 12.2 Å². The van der Waals surface area contributed by atoms with Gasteiger partial charge in [-0.25, -0.2) is 0 Å². The summed E-state index contributed by atoms with van der Waals surface area (Å²) >= 11 is 0. The molecule has 2 aliphatic heterocycles. The second-order valence-electron chi connectivity index (χ2n) is 6.38. The van der Waals surface area contributed by atoms with E-state index < -0.39 is 5.60 Å². The van der Waals surface area contributed by atoms with Crippen LogP contribution in [0.1, 0.15) is 20.3 Å². The summed E-state index contributed by atoms with van der Waals surface area (Å²) in [6, 6.07) is -0.0655. The number of rotatable bonds is 3. The van der Waals surface area contributed by atoms with E-state index in [1.807, 2.05) is 25.3 Å². The molecule has 0 bridgehead atoms. The summed E-state index contributed by atoms with van der Waals surface area (Å²) in [5.41, 5.74) is 1.15. The van der Waals surface area contributed by atoms with Crippen LogP contribution < -0.4 is 0 Å². The molecule has 3 aliphatic rings. The van der Waals surface area contributed by atoms with Crippen LogP contribution in [0.3, 0.4) is 0 Å². The first-order valence-electron chi connectivity index (χ1n) is 7.44. The van der Waals surface area contributed by atoms with Crippen molar-refractivity contribution >= 4 is 0 Å². The van der Waals surface area contributed by atoms with Crippen molar-refractivity contribution in [1.82, 2.24) is 4.90 Å². The van der Waals surface area contributed by atoms with Crippen molar-refractivity contribution in [1.29, 1.82) is 0 Å². The maximum Gasteiger partial charge on any atom is 0.197 e. The van der Waals surface area contributed by atoms with Gasteiger partial charge in [0.1, 0.15) is 23.7 Å². The number of fused-ring (bicyclic) bond motifs is 1. The molecule has 1 N–H and O–H groups in total. The fourth-order valence-electron chi connectivity index (χ4n) is 3.29. The Kier molecular flexibility index (Phi) is 3.48. The van der Waals surface area contributed by atoms with E-state index in [4.69, 9.17) is 14.2 Å². The van der Waals surface area contributed by atoms with Crippen molar-refractivity contribution in [3.8, 4) is 0 Å². The van der Waals surface area contributed by atoms with Crippen molar-refractivity contribution in [3.05, 3.63) is 46.8 Å². The Morgan fingerprint density at radius 1 is 1.32 bits per heavy atom. The monoisotopic (exact) mass is 305 g/mol. The second kappa shape index (κ2) is 5.09. The van der Waals surface area contributed by atoms with Gasteiger partial charge in [0.25, 0.3) is 0 Å². The molecule has 0 aromatic heterocycles. The average molecular weight is 305 g/mol. The van der Waals surface area contributed by atoms with Crippen LogP contribution in [0, 0.1) is 0 Å². The third-order valence-electron chi connectivity index (χ3n) is 4.47. The maximum atomic E-state index is 10.3. The topological polar surface area (TPSA) is 51.2 Å². The second-order valence-corrected chi connectivity index (χ2v) is 6.38. The van der Waals surface area contributed by atoms with E-state index >= 15 is 0 Å². The molecule has 0 saturated carbocycles. The molecule has 2 heterocycles. The van der Waals surface area contributed by atoms with Crippen LogP contribution in [0.5, 0.6) is 0 Å². The Labute approximate surface area is 131 Å². The molecule has 22 heavy (non-hydrogen) atoms. The van der Waals surface area contributed by atoms with E-state index in [9.17, 15) is 5.11 Å². The van der Waals surface area contributed by atoms with Crippen LogP contribution in [0.2, 0.25) is 0 Å². The van der Waals surface area contributed by atoms with E-state index in [1.165, 1.54) is 0 Å². The lowest BCUT2D eigenvalue weighted by Gasteiger charge is -2.38. The molecule has 0 saturated heterocycles. The molecule has 0 spiro atoms. The van der Waals surface area contributed by atoms with Crippen molar-refractivity contribution in [2.75, 3.05) is 21.3 Å². The summed E-state index contributed by atoms with van der Waals surface area (Å²) in [4.78, 5) is 2.05. The Hall–Kier alpha value is -1.88. The Bertz CT molecular complexity index is 607. The van der Waals surface area contributed by atoms with E-state index in [1.54, 1.807) is 28.1 Å². The highest BCUT2D eigenvalue weighted by atomic mass is 16.5. The zero-order chi connectivity index (χ0) is 16.1. The van der Waals surface area contributed by atoms with Gasteiger partial charge in [0.15, 0.2) is 5.88 Å². The lowest BCUT2D eigenvalue weighted by molar-refractivity contribution is -0.0662. The number of hydrogen-bond donors (Lipinski definition) is 1. The van der Waals surface area contributed by atoms with E-state index in [0.29, 0.717) is 6.42 Å². The molecular weight excluding hydrogens is 282 g/mol. The van der Waals surface area contributed by atoms with Crippen LogP contribution >= 0.6 is 0 Å². The Morgan fingerprint density at radius 2 is 2.05 bits per heavy atom. The molecule has 0 radical (unpaired) electrons. The minimum Gasteiger partial charge on any atom is -0.499 e. The van der Waals surface area contributed by atoms with Crippen LogP contribution in [-0.4, -0.2) is 49.0 Å². The molecule has 2 unspecified atom stereocenters. The number of aliphatic hydroxyl groups is 1. The standard InChI is InChI=1S/C17H23NO4/c1-17(2,19)13-9-11-15(21-5)10-7-6-8-12(20-4)14(10)18(3)16(11)22-13/h6-8,13-14,19H,9H2,1-5H3. The minimum atomic E-state index is -0.914. The summed E-state index contributed by atoms with van der Waals surface area (Å²) in [6.07, 6.45) is 6.30. The predicted octanol–water partition coefficient (Wildman–Crippen LogP) is 2.07. The van der Waals surface area contributed by atoms with Crippen LogP contribution in [0.15, 0.2) is 46.8 Å². The molecule has 3 rings (SSSR count). The van der Waals surface area contributed by atoms with E-state index in [2.05, 4.69) is 4.90 Å². The Balaban J connectivity index is 2.05. The van der Waals surface area contributed by atoms with Crippen LogP contribution in [-0.2, 0) is 14.2 Å². The largest absolute Gasteiger partial charge is 0.499 e. The lowest BCUT2D eigenvalue weighted by atomic mass is 9.89. The molecule has 2 atom stereocenters. The molecule has 0 aromatic rings. The molecular formula is C17H23NO4. The number of nitrogens with zero attached hydrogens (tertiary/aromatic N) is 1. The van der Waals surface area contributed by atoms with Crippen molar-refractivity contribution in [3.63, 3.8) is 0 Å². The average Bonchev–Trinajstić information content (AvgIpc) is 2.92. The van der Waals surface area contributed by atoms with E-state index in [0.717, 1.165) is 28.5 Å². The first-order chi connectivity index (χ1) is 10.4. The molecule has 120 valence electrons. The number of hydrogen-bond acceptors (Lipinski definition) is 5. The van der Waals surface area contributed by atoms with Gasteiger partial charge in [0.2, 0.25) is 0 Å². The van der Waals surface area contributed by atoms with Crippen molar-refractivity contribution in [2.45, 2.75) is 38.0 Å². The highest BCUT2D eigenvalue weighted by Crippen LogP contribution is 2.45. The van der Waals surface area contributed by atoms with Gasteiger partial charge in [-0.05, 0) is 19.9 Å². The normalized spacial score (nSPS) is 27.4. The maximum absolute atomic E-state index is 10.3. The summed E-state index contributed by atoms with van der Waals surface area (Å²) in [5.74, 6) is 2.43. The fraction of sp³-hybridized carbons (Fsp3) is 0.529. The molecule has 5 nitrogen and oxygen atoms in total. The number of ether oxygens (including phenoxy) is 3. The van der Waals surface area contributed by atoms with Gasteiger partial charge < -0.3 is 24.2 Å². The fourth-order valence-corrected chi connectivity index (χ4v) is 3.29.